The van der Waals surface area contributed by atoms with E-state index >= 15 is 0 Å². The topological polar surface area (TPSA) is 135 Å². The zero-order valence-corrected chi connectivity index (χ0v) is 44.4. The van der Waals surface area contributed by atoms with Crippen molar-refractivity contribution in [3.63, 3.8) is 0 Å². The van der Waals surface area contributed by atoms with Crippen molar-refractivity contribution in [1.29, 1.82) is 0 Å². The first-order valence-corrected chi connectivity index (χ1v) is 29.1. The van der Waals surface area contributed by atoms with E-state index in [0.717, 1.165) is 57.8 Å². The molecule has 4 N–H and O–H groups in total. The summed E-state index contributed by atoms with van der Waals surface area (Å²) in [5.41, 5.74) is 0. The Hall–Kier alpha value is -1.59. The highest BCUT2D eigenvalue weighted by Gasteiger charge is 2.44. The molecular formula is C59H110O9. The minimum Gasteiger partial charge on any atom is -0.457 e. The van der Waals surface area contributed by atoms with E-state index in [1.807, 2.05) is 0 Å². The summed E-state index contributed by atoms with van der Waals surface area (Å²) in [6, 6.07) is 0. The van der Waals surface area contributed by atoms with Gasteiger partial charge in [-0.3, -0.25) is 4.79 Å². The van der Waals surface area contributed by atoms with E-state index in [9.17, 15) is 25.2 Å². The molecule has 6 unspecified atom stereocenters. The van der Waals surface area contributed by atoms with Crippen molar-refractivity contribution in [1.82, 2.24) is 0 Å². The molecule has 0 radical (unpaired) electrons. The summed E-state index contributed by atoms with van der Waals surface area (Å²) in [4.78, 5) is 12.9. The second-order valence-electron chi connectivity index (χ2n) is 20.1. The van der Waals surface area contributed by atoms with Gasteiger partial charge in [0.05, 0.1) is 19.8 Å². The molecule has 0 bridgehead atoms. The molecule has 1 fully saturated rings. The summed E-state index contributed by atoms with van der Waals surface area (Å²) in [7, 11) is 0. The fraction of sp³-hybridized carbons (Fsp3) is 0.881. The normalized spacial score (nSPS) is 19.3. The number of carbonyl (C=O) groups is 1. The minimum absolute atomic E-state index is 0.116. The molecule has 400 valence electrons. The van der Waals surface area contributed by atoms with Gasteiger partial charge >= 0.3 is 5.97 Å². The summed E-state index contributed by atoms with van der Waals surface area (Å²) < 4.78 is 23.0. The van der Waals surface area contributed by atoms with Gasteiger partial charge in [0.1, 0.15) is 30.5 Å². The van der Waals surface area contributed by atoms with Gasteiger partial charge in [-0.1, -0.05) is 249 Å². The highest BCUT2D eigenvalue weighted by atomic mass is 16.7. The standard InChI is InChI=1S/C59H110O9/c1-3-5-7-9-11-13-15-17-19-21-23-24-25-26-27-28-29-31-33-35-37-39-41-43-45-47-49-65-51-53(52-66-59-58(64)57(63)56(62)54(50-60)68-59)67-55(61)48-46-44-42-40-38-36-34-32-30-22-20-18-16-14-12-10-8-6-4-2/h12,14,18,20,30,32,53-54,56-60,62-64H,3-11,13,15-17,19,21-29,31,33-52H2,1-2H3/b14-12-,20-18-,32-30-. The number of hydrogen-bond donors (Lipinski definition) is 4. The van der Waals surface area contributed by atoms with E-state index in [2.05, 4.69) is 50.3 Å². The van der Waals surface area contributed by atoms with E-state index in [0.29, 0.717) is 13.0 Å². The van der Waals surface area contributed by atoms with Gasteiger partial charge in [0.2, 0.25) is 0 Å². The Kier molecular flexibility index (Phi) is 47.7. The first-order valence-electron chi connectivity index (χ1n) is 29.1. The van der Waals surface area contributed by atoms with Crippen LogP contribution in [0.2, 0.25) is 0 Å². The molecular weight excluding hydrogens is 853 g/mol. The predicted octanol–water partition coefficient (Wildman–Crippen LogP) is 15.0. The Bertz CT molecular complexity index is 1140. The Morgan fingerprint density at radius 1 is 0.471 bits per heavy atom. The number of rotatable bonds is 51. The summed E-state index contributed by atoms with van der Waals surface area (Å²) in [6.45, 7) is 4.57. The molecule has 1 aliphatic rings. The second-order valence-corrected chi connectivity index (χ2v) is 20.1. The SMILES string of the molecule is CCCCC/C=C\C/C=C\C/C=C\CCCCCCCCC(=O)OC(COCCCCCCCCCCCCCCCCCCCCCCCCCCCC)COC1OC(CO)C(O)C(O)C1O. The quantitative estimate of drug-likeness (QED) is 0.0267. The molecule has 1 saturated heterocycles. The highest BCUT2D eigenvalue weighted by molar-refractivity contribution is 5.69. The van der Waals surface area contributed by atoms with Crippen molar-refractivity contribution in [3.8, 4) is 0 Å². The van der Waals surface area contributed by atoms with Crippen LogP contribution in [0.3, 0.4) is 0 Å². The molecule has 0 saturated carbocycles. The molecule has 0 aromatic carbocycles. The molecule has 68 heavy (non-hydrogen) atoms. The van der Waals surface area contributed by atoms with Crippen LogP contribution in [0, 0.1) is 0 Å². The van der Waals surface area contributed by atoms with Crippen LogP contribution >= 0.6 is 0 Å². The number of esters is 1. The summed E-state index contributed by atoms with van der Waals surface area (Å²) in [6.07, 6.45) is 56.3. The lowest BCUT2D eigenvalue weighted by atomic mass is 9.99. The van der Waals surface area contributed by atoms with Gasteiger partial charge < -0.3 is 39.4 Å². The third-order valence-electron chi connectivity index (χ3n) is 13.6. The van der Waals surface area contributed by atoms with Crippen LogP contribution in [-0.2, 0) is 23.7 Å². The number of unbranched alkanes of at least 4 members (excludes halogenated alkanes) is 34. The van der Waals surface area contributed by atoms with E-state index in [4.69, 9.17) is 18.9 Å². The zero-order chi connectivity index (χ0) is 49.2. The predicted molar refractivity (Wildman–Crippen MR) is 284 cm³/mol. The van der Waals surface area contributed by atoms with Crippen molar-refractivity contribution in [2.75, 3.05) is 26.4 Å². The smallest absolute Gasteiger partial charge is 0.306 e. The lowest BCUT2D eigenvalue weighted by Crippen LogP contribution is -2.59. The lowest BCUT2D eigenvalue weighted by molar-refractivity contribution is -0.305. The molecule has 6 atom stereocenters. The average Bonchev–Trinajstić information content (AvgIpc) is 3.34. The molecule has 1 rings (SSSR count). The number of ether oxygens (including phenoxy) is 4. The summed E-state index contributed by atoms with van der Waals surface area (Å²) in [5.74, 6) is -0.321. The number of hydrogen-bond acceptors (Lipinski definition) is 9. The van der Waals surface area contributed by atoms with Crippen molar-refractivity contribution in [3.05, 3.63) is 36.5 Å². The van der Waals surface area contributed by atoms with Gasteiger partial charge in [-0.25, -0.2) is 0 Å². The molecule has 0 amide bonds. The third kappa shape index (κ3) is 40.1. The number of aliphatic hydroxyl groups excluding tert-OH is 4. The van der Waals surface area contributed by atoms with Gasteiger partial charge in [-0.2, -0.15) is 0 Å². The average molecular weight is 964 g/mol. The van der Waals surface area contributed by atoms with E-state index < -0.39 is 43.4 Å². The first kappa shape index (κ1) is 64.4. The van der Waals surface area contributed by atoms with Crippen LogP contribution in [0.1, 0.15) is 271 Å². The Balaban J connectivity index is 2.13. The molecule has 0 aliphatic carbocycles. The first-order chi connectivity index (χ1) is 33.4. The van der Waals surface area contributed by atoms with Gasteiger partial charge in [0.25, 0.3) is 0 Å². The zero-order valence-electron chi connectivity index (χ0n) is 44.4. The van der Waals surface area contributed by atoms with Crippen LogP contribution < -0.4 is 0 Å². The molecule has 0 aromatic rings. The summed E-state index contributed by atoms with van der Waals surface area (Å²) >= 11 is 0. The molecule has 1 aliphatic heterocycles. The van der Waals surface area contributed by atoms with Crippen molar-refractivity contribution in [2.45, 2.75) is 307 Å². The monoisotopic (exact) mass is 963 g/mol. The fourth-order valence-electron chi connectivity index (χ4n) is 9.03. The van der Waals surface area contributed by atoms with Crippen LogP contribution in [-0.4, -0.2) is 89.6 Å². The van der Waals surface area contributed by atoms with Gasteiger partial charge in [-0.15, -0.1) is 0 Å². The number of allylic oxidation sites excluding steroid dienone is 6. The van der Waals surface area contributed by atoms with Gasteiger partial charge in [0, 0.05) is 13.0 Å². The van der Waals surface area contributed by atoms with Crippen molar-refractivity contribution < 1.29 is 44.2 Å². The lowest BCUT2D eigenvalue weighted by Gasteiger charge is -2.39. The molecule has 9 heteroatoms. The van der Waals surface area contributed by atoms with Crippen LogP contribution in [0.5, 0.6) is 0 Å². The van der Waals surface area contributed by atoms with Crippen molar-refractivity contribution >= 4 is 5.97 Å². The van der Waals surface area contributed by atoms with Crippen LogP contribution in [0.15, 0.2) is 36.5 Å². The maximum Gasteiger partial charge on any atom is 0.306 e. The summed E-state index contributed by atoms with van der Waals surface area (Å²) in [5, 5.41) is 40.3. The Morgan fingerprint density at radius 3 is 1.31 bits per heavy atom. The van der Waals surface area contributed by atoms with E-state index in [-0.39, 0.29) is 19.2 Å². The van der Waals surface area contributed by atoms with E-state index in [1.54, 1.807) is 0 Å². The molecule has 0 aromatic heterocycles. The molecule has 9 nitrogen and oxygen atoms in total. The largest absolute Gasteiger partial charge is 0.457 e. The fourth-order valence-corrected chi connectivity index (χ4v) is 9.03. The van der Waals surface area contributed by atoms with Crippen LogP contribution in [0.25, 0.3) is 0 Å². The number of carbonyl (C=O) groups excluding carboxylic acids is 1. The minimum atomic E-state index is -1.54. The third-order valence-corrected chi connectivity index (χ3v) is 13.6. The van der Waals surface area contributed by atoms with E-state index in [1.165, 1.54) is 193 Å². The Morgan fingerprint density at radius 2 is 0.853 bits per heavy atom. The van der Waals surface area contributed by atoms with Crippen LogP contribution in [0.4, 0.5) is 0 Å². The Labute approximate surface area is 419 Å². The number of aliphatic hydroxyl groups is 4. The van der Waals surface area contributed by atoms with Gasteiger partial charge in [0.15, 0.2) is 6.29 Å². The van der Waals surface area contributed by atoms with Crippen molar-refractivity contribution in [2.24, 2.45) is 0 Å². The highest BCUT2D eigenvalue weighted by Crippen LogP contribution is 2.23. The molecule has 0 spiro atoms. The maximum absolute atomic E-state index is 12.9. The second kappa shape index (κ2) is 50.4. The maximum atomic E-state index is 12.9. The molecule has 1 heterocycles. The van der Waals surface area contributed by atoms with Gasteiger partial charge in [-0.05, 0) is 51.4 Å².